The van der Waals surface area contributed by atoms with Gasteiger partial charge >= 0.3 is 0 Å². The van der Waals surface area contributed by atoms with Gasteiger partial charge in [0.15, 0.2) is 0 Å². The number of rotatable bonds is 4. The van der Waals surface area contributed by atoms with Crippen LogP contribution in [0.3, 0.4) is 0 Å². The molecule has 4 heteroatoms. The molecule has 1 heterocycles. The Balaban J connectivity index is 1.97. The summed E-state index contributed by atoms with van der Waals surface area (Å²) in [6.45, 7) is 16.0. The van der Waals surface area contributed by atoms with Gasteiger partial charge in [0, 0.05) is 23.5 Å². The summed E-state index contributed by atoms with van der Waals surface area (Å²) in [6.07, 6.45) is 2.79. The van der Waals surface area contributed by atoms with Gasteiger partial charge in [-0.05, 0) is 112 Å². The molecule has 1 aliphatic heterocycles. The Kier molecular flexibility index (Phi) is 6.27. The summed E-state index contributed by atoms with van der Waals surface area (Å²) < 4.78 is 0. The van der Waals surface area contributed by atoms with Crippen molar-refractivity contribution in [2.45, 2.75) is 66.3 Å². The molecule has 1 aliphatic rings. The van der Waals surface area contributed by atoms with Crippen LogP contribution in [0.1, 0.15) is 67.9 Å². The fraction of sp³-hybridized carbons (Fsp3) is 0.407. The second kappa shape index (κ2) is 8.59. The van der Waals surface area contributed by atoms with Gasteiger partial charge < -0.3 is 10.2 Å². The van der Waals surface area contributed by atoms with Crippen LogP contribution in [-0.4, -0.2) is 18.0 Å². The smallest absolute Gasteiger partial charge is 0.266 e. The van der Waals surface area contributed by atoms with Gasteiger partial charge in [-0.15, -0.1) is 0 Å². The van der Waals surface area contributed by atoms with Crippen LogP contribution in [0, 0.1) is 32.1 Å². The van der Waals surface area contributed by atoms with Gasteiger partial charge in [0.05, 0.1) is 0 Å². The molecule has 0 fully saturated rings. The number of nitrogens with zero attached hydrogens (tertiary/aromatic N) is 2. The largest absolute Gasteiger partial charge is 0.366 e. The molecule has 1 atom stereocenters. The molecule has 0 bridgehead atoms. The summed E-state index contributed by atoms with van der Waals surface area (Å²) in [6, 6.07) is 12.3. The van der Waals surface area contributed by atoms with Crippen molar-refractivity contribution in [2.75, 3.05) is 16.8 Å². The number of carbonyl (C=O) groups is 1. The van der Waals surface area contributed by atoms with Crippen LogP contribution in [0.25, 0.3) is 6.08 Å². The number of anilines is 2. The zero-order valence-electron chi connectivity index (χ0n) is 19.8. The zero-order valence-corrected chi connectivity index (χ0v) is 19.8. The summed E-state index contributed by atoms with van der Waals surface area (Å²) in [5, 5.41) is 12.6. The molecule has 0 unspecified atom stereocenters. The molecule has 0 aliphatic carbocycles. The molecule has 31 heavy (non-hydrogen) atoms. The fourth-order valence-corrected chi connectivity index (χ4v) is 4.95. The standard InChI is InChI=1S/C27H33N3O/c1-8-30-25-12-19(4)21(14-24(25)20(5)15-27(30,6)7)13-22(16-28)26(31)29-23-10-17(2)9-18(3)11-23/h9-14,20H,8,15H2,1-7H3,(H,29,31)/b22-13-/t20-/m1/s1. The lowest BCUT2D eigenvalue weighted by atomic mass is 9.79. The van der Waals surface area contributed by atoms with Crippen LogP contribution >= 0.6 is 0 Å². The number of amides is 1. The summed E-state index contributed by atoms with van der Waals surface area (Å²) in [7, 11) is 0. The van der Waals surface area contributed by atoms with Crippen molar-refractivity contribution >= 4 is 23.4 Å². The summed E-state index contributed by atoms with van der Waals surface area (Å²) in [4.78, 5) is 15.3. The first kappa shape index (κ1) is 22.6. The van der Waals surface area contributed by atoms with Crippen LogP contribution in [0.2, 0.25) is 0 Å². The molecule has 0 spiro atoms. The number of aryl methyl sites for hydroxylation is 3. The minimum absolute atomic E-state index is 0.106. The predicted molar refractivity (Wildman–Crippen MR) is 129 cm³/mol. The van der Waals surface area contributed by atoms with E-state index in [9.17, 15) is 10.1 Å². The van der Waals surface area contributed by atoms with Crippen molar-refractivity contribution in [3.05, 3.63) is 63.7 Å². The molecule has 1 N–H and O–H groups in total. The molecule has 1 amide bonds. The number of fused-ring (bicyclic) bond motifs is 1. The first-order chi connectivity index (χ1) is 14.6. The zero-order chi connectivity index (χ0) is 22.9. The number of nitrogens with one attached hydrogen (secondary N) is 1. The lowest BCUT2D eigenvalue weighted by Gasteiger charge is -2.47. The quantitative estimate of drug-likeness (QED) is 0.473. The van der Waals surface area contributed by atoms with E-state index >= 15 is 0 Å². The van der Waals surface area contributed by atoms with Crippen molar-refractivity contribution in [2.24, 2.45) is 0 Å². The molecule has 162 valence electrons. The predicted octanol–water partition coefficient (Wildman–Crippen LogP) is 6.27. The van der Waals surface area contributed by atoms with Gasteiger partial charge in [-0.25, -0.2) is 0 Å². The van der Waals surface area contributed by atoms with E-state index in [1.165, 1.54) is 11.3 Å². The second-order valence-electron chi connectivity index (χ2n) is 9.43. The van der Waals surface area contributed by atoms with E-state index in [1.807, 2.05) is 32.9 Å². The molecule has 0 saturated carbocycles. The van der Waals surface area contributed by atoms with Crippen molar-refractivity contribution in [3.63, 3.8) is 0 Å². The van der Waals surface area contributed by atoms with Crippen LogP contribution in [0.4, 0.5) is 11.4 Å². The molecule has 0 saturated heterocycles. The highest BCUT2D eigenvalue weighted by Crippen LogP contribution is 2.44. The molecule has 4 nitrogen and oxygen atoms in total. The van der Waals surface area contributed by atoms with Gasteiger partial charge in [0.1, 0.15) is 11.6 Å². The van der Waals surface area contributed by atoms with E-state index in [1.54, 1.807) is 6.08 Å². The Morgan fingerprint density at radius 2 is 1.84 bits per heavy atom. The highest BCUT2D eigenvalue weighted by Gasteiger charge is 2.35. The van der Waals surface area contributed by atoms with E-state index in [4.69, 9.17) is 0 Å². The lowest BCUT2D eigenvalue weighted by Crippen LogP contribution is -2.48. The van der Waals surface area contributed by atoms with Gasteiger partial charge in [0.2, 0.25) is 0 Å². The van der Waals surface area contributed by atoms with Crippen LogP contribution in [0.5, 0.6) is 0 Å². The Bertz CT molecular complexity index is 1070. The van der Waals surface area contributed by atoms with E-state index in [0.29, 0.717) is 11.6 Å². The highest BCUT2D eigenvalue weighted by atomic mass is 16.1. The molecule has 2 aromatic rings. The number of nitriles is 1. The minimum atomic E-state index is -0.381. The van der Waals surface area contributed by atoms with Crippen molar-refractivity contribution in [1.82, 2.24) is 0 Å². The summed E-state index contributed by atoms with van der Waals surface area (Å²) in [5.41, 5.74) is 7.60. The van der Waals surface area contributed by atoms with Gasteiger partial charge in [-0.3, -0.25) is 4.79 Å². The molecular weight excluding hydrogens is 382 g/mol. The maximum absolute atomic E-state index is 12.8. The Morgan fingerprint density at radius 3 is 2.42 bits per heavy atom. The normalized spacial score (nSPS) is 17.7. The minimum Gasteiger partial charge on any atom is -0.366 e. The van der Waals surface area contributed by atoms with Crippen LogP contribution < -0.4 is 10.2 Å². The fourth-order valence-electron chi connectivity index (χ4n) is 4.95. The van der Waals surface area contributed by atoms with Gasteiger partial charge in [-0.1, -0.05) is 13.0 Å². The average Bonchev–Trinajstić information content (AvgIpc) is 2.65. The first-order valence-electron chi connectivity index (χ1n) is 11.0. The molecule has 0 radical (unpaired) electrons. The number of benzene rings is 2. The maximum Gasteiger partial charge on any atom is 0.266 e. The SMILES string of the molecule is CCN1c2cc(C)c(/C=C(/C#N)C(=O)Nc3cc(C)cc(C)c3)cc2[C@H](C)CC1(C)C. The van der Waals surface area contributed by atoms with E-state index < -0.39 is 0 Å². The first-order valence-corrected chi connectivity index (χ1v) is 11.0. The average molecular weight is 416 g/mol. The number of hydrogen-bond acceptors (Lipinski definition) is 3. The maximum atomic E-state index is 12.8. The number of hydrogen-bond donors (Lipinski definition) is 1. The van der Waals surface area contributed by atoms with Crippen LogP contribution in [-0.2, 0) is 4.79 Å². The number of carbonyl (C=O) groups excluding carboxylic acids is 1. The monoisotopic (exact) mass is 415 g/mol. The molecule has 2 aromatic carbocycles. The summed E-state index contributed by atoms with van der Waals surface area (Å²) in [5.74, 6) is 0.0316. The summed E-state index contributed by atoms with van der Waals surface area (Å²) >= 11 is 0. The van der Waals surface area contributed by atoms with Crippen LogP contribution in [0.15, 0.2) is 35.9 Å². The van der Waals surface area contributed by atoms with Crippen molar-refractivity contribution < 1.29 is 4.79 Å². The molecule has 3 rings (SSSR count). The van der Waals surface area contributed by atoms with Gasteiger partial charge in [0.25, 0.3) is 5.91 Å². The highest BCUT2D eigenvalue weighted by molar-refractivity contribution is 6.09. The van der Waals surface area contributed by atoms with E-state index in [2.05, 4.69) is 62.2 Å². The third kappa shape index (κ3) is 4.66. The van der Waals surface area contributed by atoms with Gasteiger partial charge in [-0.2, -0.15) is 5.26 Å². The second-order valence-corrected chi connectivity index (χ2v) is 9.43. The Morgan fingerprint density at radius 1 is 1.19 bits per heavy atom. The molecular formula is C27H33N3O. The Hall–Kier alpha value is -3.06. The third-order valence-electron chi connectivity index (χ3n) is 6.23. The molecule has 0 aromatic heterocycles. The lowest BCUT2D eigenvalue weighted by molar-refractivity contribution is -0.112. The third-order valence-corrected chi connectivity index (χ3v) is 6.23. The van der Waals surface area contributed by atoms with Crippen molar-refractivity contribution in [3.8, 4) is 6.07 Å². The van der Waals surface area contributed by atoms with E-state index in [-0.39, 0.29) is 17.0 Å². The topological polar surface area (TPSA) is 56.1 Å². The van der Waals surface area contributed by atoms with E-state index in [0.717, 1.165) is 35.2 Å². The Labute approximate surface area is 186 Å². The van der Waals surface area contributed by atoms with Crippen molar-refractivity contribution in [1.29, 1.82) is 5.26 Å².